The fraction of sp³-hybridized carbons (Fsp3) is 0.633. The summed E-state index contributed by atoms with van der Waals surface area (Å²) in [7, 11) is 0. The molecular weight excluding hydrogens is 438 g/mol. The van der Waals surface area contributed by atoms with Crippen LogP contribution in [0.2, 0.25) is 5.02 Å². The second kappa shape index (κ2) is 12.9. The van der Waals surface area contributed by atoms with Crippen molar-refractivity contribution in [2.75, 3.05) is 13.1 Å². The molecule has 186 valence electrons. The van der Waals surface area contributed by atoms with Crippen molar-refractivity contribution in [3.8, 4) is 0 Å². The summed E-state index contributed by atoms with van der Waals surface area (Å²) in [6.07, 6.45) is 18.1. The Labute approximate surface area is 212 Å². The number of piperidine rings is 1. The summed E-state index contributed by atoms with van der Waals surface area (Å²) in [6, 6.07) is 8.27. The molecule has 0 unspecified atom stereocenters. The minimum atomic E-state index is 0.814. The summed E-state index contributed by atoms with van der Waals surface area (Å²) in [5.74, 6) is 0.901. The second-order valence-electron chi connectivity index (χ2n) is 10.8. The maximum absolute atomic E-state index is 6.71. The van der Waals surface area contributed by atoms with Crippen LogP contribution in [0.15, 0.2) is 51.8 Å². The van der Waals surface area contributed by atoms with Gasteiger partial charge in [-0.25, -0.2) is 5.01 Å². The Morgan fingerprint density at radius 2 is 1.68 bits per heavy atom. The van der Waals surface area contributed by atoms with E-state index in [9.17, 15) is 0 Å². The van der Waals surface area contributed by atoms with Gasteiger partial charge >= 0.3 is 0 Å². The van der Waals surface area contributed by atoms with E-state index in [4.69, 9.17) is 16.6 Å². The minimum Gasteiger partial charge on any atom is -0.317 e. The Balaban J connectivity index is 1.60. The monoisotopic (exact) mass is 481 g/mol. The summed E-state index contributed by atoms with van der Waals surface area (Å²) in [6.45, 7) is 6.66. The van der Waals surface area contributed by atoms with Crippen LogP contribution in [-0.4, -0.2) is 23.8 Å². The third-order valence-electron chi connectivity index (χ3n) is 7.83. The van der Waals surface area contributed by atoms with Crippen LogP contribution in [0.3, 0.4) is 0 Å². The standard InChI is InChI=1S/C30H44ClN3/c1-23(2)29(30(25-16-12-17-25)33-34-21-9-4-10-22-34)32-28(26-18-7-8-19-27(26)31)20-11-15-24-13-5-3-6-14-24/h7-8,18-19,24,33H,3-6,9-17,20-22H2,1-2H3. The lowest BCUT2D eigenvalue weighted by atomic mass is 9.85. The average molecular weight is 482 g/mol. The van der Waals surface area contributed by atoms with Crippen molar-refractivity contribution in [1.29, 1.82) is 0 Å². The SMILES string of the molecule is CC(C)=C(N=C(CCCC1CCCCC1)c1ccccc1Cl)C(NN1CCCCC1)=C1CCC1. The Morgan fingerprint density at radius 1 is 0.971 bits per heavy atom. The number of nitrogens with one attached hydrogen (secondary N) is 1. The van der Waals surface area contributed by atoms with Gasteiger partial charge in [0.1, 0.15) is 0 Å². The van der Waals surface area contributed by atoms with Gasteiger partial charge in [0.05, 0.1) is 11.4 Å². The number of rotatable bonds is 9. The number of halogens is 1. The molecule has 1 aliphatic heterocycles. The molecule has 2 saturated carbocycles. The predicted octanol–water partition coefficient (Wildman–Crippen LogP) is 8.60. The molecule has 0 aromatic heterocycles. The van der Waals surface area contributed by atoms with Gasteiger partial charge in [0.15, 0.2) is 0 Å². The number of hydrazine groups is 1. The van der Waals surface area contributed by atoms with E-state index in [1.165, 1.54) is 100 Å². The third-order valence-corrected chi connectivity index (χ3v) is 8.16. The Morgan fingerprint density at radius 3 is 2.32 bits per heavy atom. The van der Waals surface area contributed by atoms with Gasteiger partial charge < -0.3 is 5.43 Å². The van der Waals surface area contributed by atoms with Crippen LogP contribution in [0.1, 0.15) is 109 Å². The maximum Gasteiger partial charge on any atom is 0.0863 e. The van der Waals surface area contributed by atoms with Gasteiger partial charge in [-0.3, -0.25) is 4.99 Å². The molecular formula is C30H44ClN3. The maximum atomic E-state index is 6.71. The van der Waals surface area contributed by atoms with Crippen molar-refractivity contribution >= 4 is 17.3 Å². The lowest BCUT2D eigenvalue weighted by Crippen LogP contribution is -2.42. The Hall–Kier alpha value is -1.58. The number of hydrogen-bond donors (Lipinski definition) is 1. The van der Waals surface area contributed by atoms with E-state index in [1.54, 1.807) is 0 Å². The molecule has 1 N–H and O–H groups in total. The van der Waals surface area contributed by atoms with Gasteiger partial charge in [0.25, 0.3) is 0 Å². The highest BCUT2D eigenvalue weighted by Crippen LogP contribution is 2.34. The van der Waals surface area contributed by atoms with E-state index in [2.05, 4.69) is 36.4 Å². The summed E-state index contributed by atoms with van der Waals surface area (Å²) in [4.78, 5) is 5.42. The molecule has 3 nitrogen and oxygen atoms in total. The lowest BCUT2D eigenvalue weighted by Gasteiger charge is -2.33. The van der Waals surface area contributed by atoms with Crippen LogP contribution < -0.4 is 5.43 Å². The number of nitrogens with zero attached hydrogens (tertiary/aromatic N) is 2. The average Bonchev–Trinajstić information content (AvgIpc) is 2.81. The van der Waals surface area contributed by atoms with E-state index < -0.39 is 0 Å². The van der Waals surface area contributed by atoms with E-state index in [0.717, 1.165) is 47.4 Å². The van der Waals surface area contributed by atoms with E-state index >= 15 is 0 Å². The topological polar surface area (TPSA) is 27.6 Å². The summed E-state index contributed by atoms with van der Waals surface area (Å²) >= 11 is 6.71. The first kappa shape index (κ1) is 25.5. The second-order valence-corrected chi connectivity index (χ2v) is 11.2. The normalized spacial score (nSPS) is 20.1. The van der Waals surface area contributed by atoms with Gasteiger partial charge in [0, 0.05) is 29.4 Å². The fourth-order valence-electron chi connectivity index (χ4n) is 5.60. The molecule has 0 atom stereocenters. The number of benzene rings is 1. The first-order chi connectivity index (χ1) is 16.6. The van der Waals surface area contributed by atoms with E-state index in [0.29, 0.717) is 0 Å². The van der Waals surface area contributed by atoms with Crippen LogP contribution in [-0.2, 0) is 0 Å². The van der Waals surface area contributed by atoms with Gasteiger partial charge in [-0.05, 0) is 81.9 Å². The first-order valence-corrected chi connectivity index (χ1v) is 14.2. The van der Waals surface area contributed by atoms with Crippen molar-refractivity contribution in [3.05, 3.63) is 57.4 Å². The largest absolute Gasteiger partial charge is 0.317 e. The van der Waals surface area contributed by atoms with Crippen molar-refractivity contribution in [1.82, 2.24) is 10.4 Å². The third kappa shape index (κ3) is 6.98. The zero-order chi connectivity index (χ0) is 23.8. The van der Waals surface area contributed by atoms with Crippen molar-refractivity contribution in [2.24, 2.45) is 10.9 Å². The molecule has 34 heavy (non-hydrogen) atoms. The molecule has 3 aliphatic rings. The molecule has 1 heterocycles. The molecule has 1 aromatic rings. The predicted molar refractivity (Wildman–Crippen MR) is 146 cm³/mol. The molecule has 1 aromatic carbocycles. The number of allylic oxidation sites excluding steroid dienone is 2. The smallest absolute Gasteiger partial charge is 0.0863 e. The molecule has 4 rings (SSSR count). The zero-order valence-electron chi connectivity index (χ0n) is 21.5. The molecule has 2 aliphatic carbocycles. The van der Waals surface area contributed by atoms with Crippen molar-refractivity contribution in [2.45, 2.75) is 104 Å². The van der Waals surface area contributed by atoms with Crippen LogP contribution in [0.4, 0.5) is 0 Å². The Kier molecular flexibility index (Phi) is 9.70. The number of aliphatic imine (C=N–C) groups is 1. The number of hydrogen-bond acceptors (Lipinski definition) is 3. The van der Waals surface area contributed by atoms with Gasteiger partial charge in [-0.15, -0.1) is 0 Å². The van der Waals surface area contributed by atoms with Crippen LogP contribution in [0.5, 0.6) is 0 Å². The van der Waals surface area contributed by atoms with Crippen molar-refractivity contribution in [3.63, 3.8) is 0 Å². The van der Waals surface area contributed by atoms with Gasteiger partial charge in [0.2, 0.25) is 0 Å². The molecule has 1 saturated heterocycles. The van der Waals surface area contributed by atoms with E-state index in [1.807, 2.05) is 12.1 Å². The quantitative estimate of drug-likeness (QED) is 0.357. The van der Waals surface area contributed by atoms with Crippen molar-refractivity contribution < 1.29 is 0 Å². The van der Waals surface area contributed by atoms with Gasteiger partial charge in [-0.1, -0.05) is 74.7 Å². The molecule has 0 bridgehead atoms. The molecule has 0 amide bonds. The minimum absolute atomic E-state index is 0.814. The highest BCUT2D eigenvalue weighted by atomic mass is 35.5. The first-order valence-electron chi connectivity index (χ1n) is 13.9. The zero-order valence-corrected chi connectivity index (χ0v) is 22.2. The van der Waals surface area contributed by atoms with Crippen LogP contribution in [0, 0.1) is 5.92 Å². The Bertz CT molecular complexity index is 891. The lowest BCUT2D eigenvalue weighted by molar-refractivity contribution is 0.174. The molecule has 0 spiro atoms. The fourth-order valence-corrected chi connectivity index (χ4v) is 5.84. The highest BCUT2D eigenvalue weighted by Gasteiger charge is 2.23. The molecule has 0 radical (unpaired) electrons. The van der Waals surface area contributed by atoms with Gasteiger partial charge in [-0.2, -0.15) is 0 Å². The van der Waals surface area contributed by atoms with E-state index in [-0.39, 0.29) is 0 Å². The summed E-state index contributed by atoms with van der Waals surface area (Å²) in [5, 5.41) is 3.23. The van der Waals surface area contributed by atoms with Crippen LogP contribution >= 0.6 is 11.6 Å². The highest BCUT2D eigenvalue weighted by molar-refractivity contribution is 6.34. The molecule has 4 heteroatoms. The van der Waals surface area contributed by atoms with Crippen LogP contribution in [0.25, 0.3) is 0 Å². The summed E-state index contributed by atoms with van der Waals surface area (Å²) < 4.78 is 0. The molecule has 3 fully saturated rings. The summed E-state index contributed by atoms with van der Waals surface area (Å²) in [5.41, 5.74) is 11.3.